The van der Waals surface area contributed by atoms with E-state index in [-0.39, 0.29) is 17.6 Å². The van der Waals surface area contributed by atoms with Crippen molar-refractivity contribution in [1.29, 1.82) is 0 Å². The molecule has 3 heterocycles. The molecule has 1 aromatic heterocycles. The Hall–Kier alpha value is -1.73. The molecule has 25 heavy (non-hydrogen) atoms. The number of aromatic nitrogens is 2. The normalized spacial score (nSPS) is 25.7. The van der Waals surface area contributed by atoms with Crippen LogP contribution in [0.5, 0.6) is 0 Å². The summed E-state index contributed by atoms with van der Waals surface area (Å²) in [5.74, 6) is 1.81. The number of amides is 1. The molecule has 3 aliphatic rings. The van der Waals surface area contributed by atoms with Gasteiger partial charge in [-0.2, -0.15) is 5.10 Å². The minimum absolute atomic E-state index is 0.144. The summed E-state index contributed by atoms with van der Waals surface area (Å²) >= 11 is 0. The second-order valence-corrected chi connectivity index (χ2v) is 8.00. The standard InChI is InChI=1S/C18H27N5O2/c1-13-4-7-16(20-19-13)23-11-18(12-23)10-22(8-14-5-6-14)15(9-25-18)17(24)21(2)3/h4,7,14-15H,5-6,8-12H2,1-3H3/t15-/m1/s1. The molecule has 136 valence electrons. The summed E-state index contributed by atoms with van der Waals surface area (Å²) in [4.78, 5) is 18.8. The van der Waals surface area contributed by atoms with Crippen molar-refractivity contribution in [3.8, 4) is 0 Å². The molecule has 1 amide bonds. The summed E-state index contributed by atoms with van der Waals surface area (Å²) < 4.78 is 6.21. The van der Waals surface area contributed by atoms with Gasteiger partial charge in [-0.05, 0) is 37.8 Å². The van der Waals surface area contributed by atoms with Crippen LogP contribution < -0.4 is 4.90 Å². The van der Waals surface area contributed by atoms with E-state index in [1.165, 1.54) is 12.8 Å². The first-order valence-corrected chi connectivity index (χ1v) is 9.10. The first kappa shape index (κ1) is 16.7. The summed E-state index contributed by atoms with van der Waals surface area (Å²) in [5.41, 5.74) is 0.749. The minimum Gasteiger partial charge on any atom is -0.368 e. The smallest absolute Gasteiger partial charge is 0.241 e. The Morgan fingerprint density at radius 1 is 1.28 bits per heavy atom. The molecule has 7 heteroatoms. The molecule has 2 saturated heterocycles. The van der Waals surface area contributed by atoms with Gasteiger partial charge in [-0.15, -0.1) is 5.10 Å². The highest BCUT2D eigenvalue weighted by molar-refractivity contribution is 5.81. The molecule has 3 fully saturated rings. The van der Waals surface area contributed by atoms with Gasteiger partial charge >= 0.3 is 0 Å². The van der Waals surface area contributed by atoms with Crippen LogP contribution in [0.15, 0.2) is 12.1 Å². The predicted molar refractivity (Wildman–Crippen MR) is 94.4 cm³/mol. The number of carbonyl (C=O) groups excluding carboxylic acids is 1. The molecule has 1 aliphatic carbocycles. The van der Waals surface area contributed by atoms with Gasteiger partial charge in [-0.3, -0.25) is 9.69 Å². The number of carbonyl (C=O) groups is 1. The Labute approximate surface area is 148 Å². The maximum atomic E-state index is 12.5. The number of rotatable bonds is 4. The second-order valence-electron chi connectivity index (χ2n) is 8.00. The zero-order chi connectivity index (χ0) is 17.6. The molecule has 0 N–H and O–H groups in total. The molecule has 0 unspecified atom stereocenters. The molecule has 1 aromatic rings. The molecule has 4 rings (SSSR count). The van der Waals surface area contributed by atoms with E-state index in [0.717, 1.165) is 43.6 Å². The van der Waals surface area contributed by atoms with Crippen LogP contribution in [0.25, 0.3) is 0 Å². The van der Waals surface area contributed by atoms with Crippen molar-refractivity contribution in [2.24, 2.45) is 5.92 Å². The van der Waals surface area contributed by atoms with E-state index < -0.39 is 0 Å². The SMILES string of the molecule is Cc1ccc(N2CC3(C2)CN(CC2CC2)[C@@H](C(=O)N(C)C)CO3)nn1. The molecule has 7 nitrogen and oxygen atoms in total. The third kappa shape index (κ3) is 3.35. The van der Waals surface area contributed by atoms with Crippen LogP contribution in [0.2, 0.25) is 0 Å². The van der Waals surface area contributed by atoms with Crippen LogP contribution in [0.1, 0.15) is 18.5 Å². The average Bonchev–Trinajstić information content (AvgIpc) is 3.37. The summed E-state index contributed by atoms with van der Waals surface area (Å²) in [6.07, 6.45) is 2.58. The van der Waals surface area contributed by atoms with Crippen molar-refractivity contribution in [3.05, 3.63) is 17.8 Å². The molecule has 0 aromatic carbocycles. The van der Waals surface area contributed by atoms with Gasteiger partial charge in [0.1, 0.15) is 11.6 Å². The Morgan fingerprint density at radius 2 is 2.04 bits per heavy atom. The lowest BCUT2D eigenvalue weighted by Crippen LogP contribution is -2.73. The van der Waals surface area contributed by atoms with Crippen LogP contribution in [0.3, 0.4) is 0 Å². The van der Waals surface area contributed by atoms with Crippen LogP contribution in [0, 0.1) is 12.8 Å². The van der Waals surface area contributed by atoms with Gasteiger partial charge < -0.3 is 14.5 Å². The topological polar surface area (TPSA) is 61.8 Å². The number of morpholine rings is 1. The van der Waals surface area contributed by atoms with Gasteiger partial charge in [0, 0.05) is 27.2 Å². The molecule has 1 spiro atoms. The van der Waals surface area contributed by atoms with Crippen LogP contribution >= 0.6 is 0 Å². The second kappa shape index (κ2) is 6.21. The van der Waals surface area contributed by atoms with Gasteiger partial charge in [0.2, 0.25) is 5.91 Å². The minimum atomic E-state index is -0.176. The van der Waals surface area contributed by atoms with Crippen LogP contribution in [-0.2, 0) is 9.53 Å². The summed E-state index contributed by atoms with van der Waals surface area (Å²) in [7, 11) is 3.65. The number of anilines is 1. The number of hydrogen-bond donors (Lipinski definition) is 0. The quantitative estimate of drug-likeness (QED) is 0.794. The van der Waals surface area contributed by atoms with E-state index in [9.17, 15) is 4.79 Å². The Kier molecular flexibility index (Phi) is 4.16. The first-order valence-electron chi connectivity index (χ1n) is 9.10. The highest BCUT2D eigenvalue weighted by atomic mass is 16.5. The lowest BCUT2D eigenvalue weighted by molar-refractivity contribution is -0.167. The lowest BCUT2D eigenvalue weighted by Gasteiger charge is -2.56. The highest BCUT2D eigenvalue weighted by Crippen LogP contribution is 2.37. The number of nitrogens with zero attached hydrogens (tertiary/aromatic N) is 5. The van der Waals surface area contributed by atoms with Crippen molar-refractivity contribution < 1.29 is 9.53 Å². The molecule has 1 atom stereocenters. The Balaban J connectivity index is 1.42. The third-order valence-corrected chi connectivity index (χ3v) is 5.46. The Morgan fingerprint density at radius 3 is 2.64 bits per heavy atom. The highest BCUT2D eigenvalue weighted by Gasteiger charge is 2.51. The molecular weight excluding hydrogens is 318 g/mol. The number of ether oxygens (including phenoxy) is 1. The molecule has 2 aliphatic heterocycles. The Bertz CT molecular complexity index is 637. The summed E-state index contributed by atoms with van der Waals surface area (Å²) in [6, 6.07) is 3.85. The first-order chi connectivity index (χ1) is 12.0. The van der Waals surface area contributed by atoms with Gasteiger partial charge in [-0.25, -0.2) is 0 Å². The van der Waals surface area contributed by atoms with Crippen molar-refractivity contribution in [3.63, 3.8) is 0 Å². The van der Waals surface area contributed by atoms with Gasteiger partial charge in [-0.1, -0.05) is 0 Å². The van der Waals surface area contributed by atoms with Gasteiger partial charge in [0.15, 0.2) is 5.82 Å². The van der Waals surface area contributed by atoms with Crippen LogP contribution in [0.4, 0.5) is 5.82 Å². The molecule has 1 saturated carbocycles. The molecular formula is C18H27N5O2. The zero-order valence-corrected chi connectivity index (χ0v) is 15.3. The molecule has 0 bridgehead atoms. The van der Waals surface area contributed by atoms with E-state index in [0.29, 0.717) is 6.61 Å². The van der Waals surface area contributed by atoms with Crippen LogP contribution in [-0.4, -0.2) is 84.4 Å². The largest absolute Gasteiger partial charge is 0.368 e. The van der Waals surface area contributed by atoms with Gasteiger partial charge in [0.25, 0.3) is 0 Å². The third-order valence-electron chi connectivity index (χ3n) is 5.46. The number of aryl methyl sites for hydroxylation is 1. The fourth-order valence-electron chi connectivity index (χ4n) is 3.80. The van der Waals surface area contributed by atoms with E-state index in [1.807, 2.05) is 33.2 Å². The van der Waals surface area contributed by atoms with Gasteiger partial charge in [0.05, 0.1) is 25.4 Å². The number of hydrogen-bond acceptors (Lipinski definition) is 6. The fraction of sp³-hybridized carbons (Fsp3) is 0.722. The van der Waals surface area contributed by atoms with Crippen molar-refractivity contribution in [2.75, 3.05) is 51.8 Å². The van der Waals surface area contributed by atoms with E-state index >= 15 is 0 Å². The van der Waals surface area contributed by atoms with Crippen molar-refractivity contribution >= 4 is 11.7 Å². The number of likely N-dealkylation sites (N-methyl/N-ethyl adjacent to an activating group) is 1. The zero-order valence-electron chi connectivity index (χ0n) is 15.3. The van der Waals surface area contributed by atoms with E-state index in [4.69, 9.17) is 4.74 Å². The summed E-state index contributed by atoms with van der Waals surface area (Å²) in [6.45, 7) is 5.89. The van der Waals surface area contributed by atoms with Crippen molar-refractivity contribution in [2.45, 2.75) is 31.4 Å². The lowest BCUT2D eigenvalue weighted by atomic mass is 9.90. The average molecular weight is 345 g/mol. The molecule has 0 radical (unpaired) electrons. The fourth-order valence-corrected chi connectivity index (χ4v) is 3.80. The summed E-state index contributed by atoms with van der Waals surface area (Å²) in [5, 5.41) is 8.41. The predicted octanol–water partition coefficient (Wildman–Crippen LogP) is 0.543. The van der Waals surface area contributed by atoms with E-state index in [1.54, 1.807) is 4.90 Å². The van der Waals surface area contributed by atoms with E-state index in [2.05, 4.69) is 20.0 Å². The maximum absolute atomic E-state index is 12.5. The monoisotopic (exact) mass is 345 g/mol. The van der Waals surface area contributed by atoms with Crippen molar-refractivity contribution in [1.82, 2.24) is 20.0 Å². The maximum Gasteiger partial charge on any atom is 0.241 e.